The van der Waals surface area contributed by atoms with Gasteiger partial charge in [-0.1, -0.05) is 6.92 Å². The average Bonchev–Trinajstić information content (AvgIpc) is 2.79. The Morgan fingerprint density at radius 3 is 2.67 bits per heavy atom. The molecule has 0 radical (unpaired) electrons. The molecule has 102 valence electrons. The van der Waals surface area contributed by atoms with Gasteiger partial charge in [-0.3, -0.25) is 9.59 Å². The molecule has 2 amide bonds. The van der Waals surface area contributed by atoms with E-state index in [0.29, 0.717) is 12.2 Å². The fourth-order valence-corrected chi connectivity index (χ4v) is 3.11. The van der Waals surface area contributed by atoms with Crippen molar-refractivity contribution in [1.82, 2.24) is 10.2 Å². The third-order valence-electron chi connectivity index (χ3n) is 2.64. The molecule has 0 aliphatic carbocycles. The largest absolute Gasteiger partial charge is 0.480 e. The summed E-state index contributed by atoms with van der Waals surface area (Å²) in [7, 11) is 0. The number of carbonyl (C=O) groups is 3. The summed E-state index contributed by atoms with van der Waals surface area (Å²) in [5.41, 5.74) is 5.11. The van der Waals surface area contributed by atoms with Gasteiger partial charge in [0.2, 0.25) is 11.8 Å². The van der Waals surface area contributed by atoms with Gasteiger partial charge in [-0.2, -0.15) is 0 Å². The van der Waals surface area contributed by atoms with Gasteiger partial charge in [0.15, 0.2) is 0 Å². The van der Waals surface area contributed by atoms with E-state index in [4.69, 9.17) is 10.8 Å². The summed E-state index contributed by atoms with van der Waals surface area (Å²) >= 11 is 1.44. The molecule has 0 spiro atoms. The molecular formula is C10H17N3O4S. The Bertz CT molecular complexity index is 350. The highest BCUT2D eigenvalue weighted by molar-refractivity contribution is 8.00. The van der Waals surface area contributed by atoms with Gasteiger partial charge < -0.3 is 21.1 Å². The van der Waals surface area contributed by atoms with E-state index >= 15 is 0 Å². The molecule has 7 nitrogen and oxygen atoms in total. The molecule has 1 saturated heterocycles. The highest BCUT2D eigenvalue weighted by atomic mass is 32.2. The van der Waals surface area contributed by atoms with E-state index in [0.717, 1.165) is 0 Å². The minimum Gasteiger partial charge on any atom is -0.480 e. The summed E-state index contributed by atoms with van der Waals surface area (Å²) in [6.07, 6.45) is 0.672. The summed E-state index contributed by atoms with van der Waals surface area (Å²) in [5.74, 6) is -1.46. The first kappa shape index (κ1) is 14.8. The molecule has 0 bridgehead atoms. The minimum atomic E-state index is -1.02. The van der Waals surface area contributed by atoms with Crippen LogP contribution in [0.3, 0.4) is 0 Å². The van der Waals surface area contributed by atoms with Crippen LogP contribution >= 0.6 is 11.8 Å². The number of carboxylic acid groups (broad SMARTS) is 1. The maximum absolute atomic E-state index is 11.9. The number of thioether (sulfide) groups is 1. The van der Waals surface area contributed by atoms with E-state index < -0.39 is 17.9 Å². The Morgan fingerprint density at radius 2 is 2.17 bits per heavy atom. The van der Waals surface area contributed by atoms with Crippen molar-refractivity contribution in [2.75, 3.05) is 18.8 Å². The van der Waals surface area contributed by atoms with Gasteiger partial charge >= 0.3 is 5.97 Å². The molecule has 1 fully saturated rings. The lowest BCUT2D eigenvalue weighted by molar-refractivity contribution is -0.148. The van der Waals surface area contributed by atoms with Crippen LogP contribution in [0.25, 0.3) is 0 Å². The average molecular weight is 275 g/mol. The van der Waals surface area contributed by atoms with Crippen molar-refractivity contribution in [3.8, 4) is 0 Å². The Hall–Kier alpha value is -1.28. The number of nitrogens with one attached hydrogen (secondary N) is 1. The number of nitrogens with zero attached hydrogens (tertiary/aromatic N) is 1. The van der Waals surface area contributed by atoms with Crippen LogP contribution in [0.2, 0.25) is 0 Å². The molecule has 18 heavy (non-hydrogen) atoms. The number of nitrogens with two attached hydrogens (primary N) is 1. The first-order valence-corrected chi connectivity index (χ1v) is 6.68. The molecule has 1 aliphatic rings. The zero-order valence-corrected chi connectivity index (χ0v) is 10.9. The van der Waals surface area contributed by atoms with Crippen molar-refractivity contribution >= 4 is 29.5 Å². The second-order valence-corrected chi connectivity index (χ2v) is 5.04. The molecule has 1 heterocycles. The number of hydrogen-bond donors (Lipinski definition) is 3. The molecular weight excluding hydrogens is 258 g/mol. The van der Waals surface area contributed by atoms with Crippen molar-refractivity contribution in [2.45, 2.75) is 24.8 Å². The van der Waals surface area contributed by atoms with Gasteiger partial charge in [0.25, 0.3) is 0 Å². The van der Waals surface area contributed by atoms with Crippen LogP contribution in [0.5, 0.6) is 0 Å². The molecule has 0 aromatic carbocycles. The summed E-state index contributed by atoms with van der Waals surface area (Å²) in [6.45, 7) is 1.49. The number of hydrogen-bond acceptors (Lipinski definition) is 5. The smallest absolute Gasteiger partial charge is 0.327 e. The zero-order valence-electron chi connectivity index (χ0n) is 10.1. The fraction of sp³-hybridized carbons (Fsp3) is 0.700. The molecule has 0 aromatic rings. The molecule has 4 N–H and O–H groups in total. The maximum atomic E-state index is 11.9. The van der Waals surface area contributed by atoms with E-state index in [1.165, 1.54) is 16.7 Å². The lowest BCUT2D eigenvalue weighted by Gasteiger charge is -2.26. The van der Waals surface area contributed by atoms with Gasteiger partial charge in [0.1, 0.15) is 6.04 Å². The Balaban J connectivity index is 2.66. The fourth-order valence-electron chi connectivity index (χ4n) is 1.74. The topological polar surface area (TPSA) is 113 Å². The summed E-state index contributed by atoms with van der Waals surface area (Å²) in [5, 5.41) is 11.3. The third-order valence-corrected chi connectivity index (χ3v) is 4.09. The number of aliphatic carboxylic acids is 1. The predicted molar refractivity (Wildman–Crippen MR) is 66.9 cm³/mol. The van der Waals surface area contributed by atoms with Crippen LogP contribution < -0.4 is 11.1 Å². The van der Waals surface area contributed by atoms with Gasteiger partial charge in [0.05, 0.1) is 18.5 Å². The lowest BCUT2D eigenvalue weighted by atomic mass is 10.2. The second kappa shape index (κ2) is 6.60. The summed E-state index contributed by atoms with van der Waals surface area (Å²) in [6, 6.07) is -0.817. The van der Waals surface area contributed by atoms with E-state index in [9.17, 15) is 14.4 Å². The standard InChI is InChI=1S/C10H17N3O4S/c1-2-9-13(6(5-18-9)10(16)17)8(15)4-12-7(14)3-11/h6,9H,2-5,11H2,1H3,(H,12,14)(H,16,17). The Kier molecular flexibility index (Phi) is 5.42. The molecule has 2 unspecified atom stereocenters. The SMILES string of the molecule is CCC1SCC(C(=O)O)N1C(=O)CNC(=O)CN. The lowest BCUT2D eigenvalue weighted by Crippen LogP contribution is -2.49. The van der Waals surface area contributed by atoms with Crippen LogP contribution in [0.4, 0.5) is 0 Å². The molecule has 1 aliphatic heterocycles. The number of amides is 2. The van der Waals surface area contributed by atoms with Gasteiger partial charge in [-0.25, -0.2) is 4.79 Å². The van der Waals surface area contributed by atoms with Gasteiger partial charge in [-0.15, -0.1) is 11.8 Å². The maximum Gasteiger partial charge on any atom is 0.327 e. The molecule has 0 saturated carbocycles. The quantitative estimate of drug-likeness (QED) is 0.582. The first-order chi connectivity index (χ1) is 8.51. The third kappa shape index (κ3) is 3.36. The van der Waals surface area contributed by atoms with Gasteiger partial charge in [-0.05, 0) is 6.42 Å². The Morgan fingerprint density at radius 1 is 1.50 bits per heavy atom. The van der Waals surface area contributed by atoms with E-state index in [2.05, 4.69) is 5.32 Å². The van der Waals surface area contributed by atoms with Crippen LogP contribution in [-0.2, 0) is 14.4 Å². The monoisotopic (exact) mass is 275 g/mol. The Labute approximate surface area is 109 Å². The first-order valence-electron chi connectivity index (χ1n) is 5.63. The number of carboxylic acids is 1. The van der Waals surface area contributed by atoms with Crippen molar-refractivity contribution < 1.29 is 19.5 Å². The van der Waals surface area contributed by atoms with Crippen LogP contribution in [0.15, 0.2) is 0 Å². The van der Waals surface area contributed by atoms with Crippen molar-refractivity contribution in [2.24, 2.45) is 5.73 Å². The highest BCUT2D eigenvalue weighted by Gasteiger charge is 2.40. The molecule has 0 aromatic heterocycles. The zero-order chi connectivity index (χ0) is 13.7. The molecule has 2 atom stereocenters. The molecule has 1 rings (SSSR count). The minimum absolute atomic E-state index is 0.145. The van der Waals surface area contributed by atoms with E-state index in [1.54, 1.807) is 0 Å². The van der Waals surface area contributed by atoms with Crippen molar-refractivity contribution in [3.05, 3.63) is 0 Å². The second-order valence-electron chi connectivity index (χ2n) is 3.83. The van der Waals surface area contributed by atoms with E-state index in [1.807, 2.05) is 6.92 Å². The van der Waals surface area contributed by atoms with Crippen LogP contribution in [-0.4, -0.2) is 58.0 Å². The van der Waals surface area contributed by atoms with Gasteiger partial charge in [0, 0.05) is 5.75 Å². The van der Waals surface area contributed by atoms with E-state index in [-0.39, 0.29) is 24.4 Å². The predicted octanol–water partition coefficient (Wildman–Crippen LogP) is -1.17. The summed E-state index contributed by atoms with van der Waals surface area (Å²) in [4.78, 5) is 35.3. The number of carbonyl (C=O) groups excluding carboxylic acids is 2. The van der Waals surface area contributed by atoms with Crippen LogP contribution in [0, 0.1) is 0 Å². The molecule has 8 heteroatoms. The highest BCUT2D eigenvalue weighted by Crippen LogP contribution is 2.31. The number of rotatable bonds is 5. The van der Waals surface area contributed by atoms with Crippen LogP contribution in [0.1, 0.15) is 13.3 Å². The van der Waals surface area contributed by atoms with Crippen molar-refractivity contribution in [3.63, 3.8) is 0 Å². The summed E-state index contributed by atoms with van der Waals surface area (Å²) < 4.78 is 0. The normalized spacial score (nSPS) is 22.9. The van der Waals surface area contributed by atoms with Crippen molar-refractivity contribution in [1.29, 1.82) is 0 Å².